The van der Waals surface area contributed by atoms with Gasteiger partial charge in [-0.25, -0.2) is 4.90 Å². The zero-order valence-electron chi connectivity index (χ0n) is 14.8. The third-order valence-corrected chi connectivity index (χ3v) is 4.20. The van der Waals surface area contributed by atoms with E-state index < -0.39 is 6.04 Å². The maximum Gasteiger partial charge on any atom is 0.256 e. The van der Waals surface area contributed by atoms with Crippen LogP contribution in [0.2, 0.25) is 0 Å². The van der Waals surface area contributed by atoms with Crippen molar-refractivity contribution in [2.24, 2.45) is 0 Å². The lowest BCUT2D eigenvalue weighted by atomic mass is 10.2. The Hall–Kier alpha value is -3.22. The molecule has 3 rings (SSSR count). The highest BCUT2D eigenvalue weighted by molar-refractivity contribution is 6.23. The van der Waals surface area contributed by atoms with Crippen LogP contribution in [0.3, 0.4) is 0 Å². The standard InChI is InChI=1S/C19H20N2O5/c1-24-13-6-4-5-12(9-13)21-18(22)11-16(19(21)23)20-15-8-7-14(25-2)10-17(15)26-3/h4-10,16,20H,11H2,1-3H3. The van der Waals surface area contributed by atoms with Crippen LogP contribution in [0, 0.1) is 0 Å². The minimum atomic E-state index is -0.670. The van der Waals surface area contributed by atoms with E-state index in [1.807, 2.05) is 0 Å². The Morgan fingerprint density at radius 1 is 0.962 bits per heavy atom. The number of carbonyl (C=O) groups is 2. The van der Waals surface area contributed by atoms with Crippen molar-refractivity contribution in [3.05, 3.63) is 42.5 Å². The minimum absolute atomic E-state index is 0.0607. The Balaban J connectivity index is 1.83. The van der Waals surface area contributed by atoms with Gasteiger partial charge in [-0.3, -0.25) is 9.59 Å². The van der Waals surface area contributed by atoms with Crippen LogP contribution in [-0.2, 0) is 9.59 Å². The van der Waals surface area contributed by atoms with Gasteiger partial charge in [0.05, 0.1) is 39.1 Å². The van der Waals surface area contributed by atoms with Gasteiger partial charge in [0.2, 0.25) is 5.91 Å². The largest absolute Gasteiger partial charge is 0.497 e. The number of hydrogen-bond acceptors (Lipinski definition) is 6. The fraction of sp³-hybridized carbons (Fsp3) is 0.263. The third kappa shape index (κ3) is 3.28. The molecule has 1 atom stereocenters. The van der Waals surface area contributed by atoms with Crippen molar-refractivity contribution in [3.8, 4) is 17.2 Å². The van der Waals surface area contributed by atoms with Gasteiger partial charge in [0.25, 0.3) is 5.91 Å². The van der Waals surface area contributed by atoms with E-state index in [1.54, 1.807) is 49.6 Å². The van der Waals surface area contributed by atoms with E-state index in [1.165, 1.54) is 19.1 Å². The first-order valence-corrected chi connectivity index (χ1v) is 8.06. The van der Waals surface area contributed by atoms with Gasteiger partial charge in [0.15, 0.2) is 0 Å². The lowest BCUT2D eigenvalue weighted by Crippen LogP contribution is -2.34. The maximum absolute atomic E-state index is 12.8. The van der Waals surface area contributed by atoms with Gasteiger partial charge in [-0.05, 0) is 24.3 Å². The molecule has 1 fully saturated rings. The van der Waals surface area contributed by atoms with Gasteiger partial charge < -0.3 is 19.5 Å². The highest BCUT2D eigenvalue weighted by Gasteiger charge is 2.40. The molecule has 1 unspecified atom stereocenters. The molecule has 7 nitrogen and oxygen atoms in total. The topological polar surface area (TPSA) is 77.1 Å². The van der Waals surface area contributed by atoms with Crippen molar-refractivity contribution in [1.29, 1.82) is 0 Å². The van der Waals surface area contributed by atoms with Crippen LogP contribution in [-0.4, -0.2) is 39.2 Å². The van der Waals surface area contributed by atoms with Gasteiger partial charge in [0.1, 0.15) is 23.3 Å². The molecule has 1 aliphatic rings. The molecule has 0 aliphatic carbocycles. The summed E-state index contributed by atoms with van der Waals surface area (Å²) in [4.78, 5) is 26.4. The number of benzene rings is 2. The van der Waals surface area contributed by atoms with Gasteiger partial charge in [0, 0.05) is 12.1 Å². The SMILES string of the molecule is COc1cccc(N2C(=O)CC(Nc3ccc(OC)cc3OC)C2=O)c1. The lowest BCUT2D eigenvalue weighted by Gasteiger charge is -2.18. The summed E-state index contributed by atoms with van der Waals surface area (Å²) in [7, 11) is 4.63. The van der Waals surface area contributed by atoms with Crippen LogP contribution < -0.4 is 24.4 Å². The second-order valence-electron chi connectivity index (χ2n) is 5.74. The Morgan fingerprint density at radius 3 is 2.38 bits per heavy atom. The van der Waals surface area contributed by atoms with Gasteiger partial charge in [-0.2, -0.15) is 0 Å². The number of amides is 2. The Labute approximate surface area is 151 Å². The van der Waals surface area contributed by atoms with Crippen LogP contribution in [0.5, 0.6) is 17.2 Å². The first kappa shape index (κ1) is 17.6. The van der Waals surface area contributed by atoms with Crippen LogP contribution >= 0.6 is 0 Å². The summed E-state index contributed by atoms with van der Waals surface area (Å²) in [6, 6.07) is 11.4. The molecule has 7 heteroatoms. The molecule has 1 heterocycles. The average molecular weight is 356 g/mol. The predicted molar refractivity (Wildman–Crippen MR) is 97.1 cm³/mol. The Bertz CT molecular complexity index is 836. The van der Waals surface area contributed by atoms with Crippen molar-refractivity contribution in [1.82, 2.24) is 0 Å². The quantitative estimate of drug-likeness (QED) is 0.801. The van der Waals surface area contributed by atoms with E-state index in [0.29, 0.717) is 28.6 Å². The number of hydrogen-bond donors (Lipinski definition) is 1. The molecule has 2 amide bonds. The van der Waals surface area contributed by atoms with Crippen LogP contribution in [0.1, 0.15) is 6.42 Å². The molecule has 0 radical (unpaired) electrons. The van der Waals surface area contributed by atoms with E-state index in [4.69, 9.17) is 14.2 Å². The molecule has 26 heavy (non-hydrogen) atoms. The zero-order valence-corrected chi connectivity index (χ0v) is 14.8. The molecule has 0 saturated carbocycles. The van der Waals surface area contributed by atoms with Crippen molar-refractivity contribution in [2.45, 2.75) is 12.5 Å². The van der Waals surface area contributed by atoms with Crippen LogP contribution in [0.15, 0.2) is 42.5 Å². The monoisotopic (exact) mass is 356 g/mol. The fourth-order valence-corrected chi connectivity index (χ4v) is 2.87. The number of ether oxygens (including phenoxy) is 3. The summed E-state index contributed by atoms with van der Waals surface area (Å²) in [5.41, 5.74) is 1.11. The third-order valence-electron chi connectivity index (χ3n) is 4.20. The summed E-state index contributed by atoms with van der Waals surface area (Å²) in [5, 5.41) is 3.10. The normalized spacial score (nSPS) is 16.6. The Morgan fingerprint density at radius 2 is 1.69 bits per heavy atom. The number of nitrogens with zero attached hydrogens (tertiary/aromatic N) is 1. The molecule has 1 saturated heterocycles. The fourth-order valence-electron chi connectivity index (χ4n) is 2.87. The number of nitrogens with one attached hydrogen (secondary N) is 1. The van der Waals surface area contributed by atoms with E-state index in [-0.39, 0.29) is 18.2 Å². The maximum atomic E-state index is 12.8. The predicted octanol–water partition coefficient (Wildman–Crippen LogP) is 2.46. The van der Waals surface area contributed by atoms with Crippen LogP contribution in [0.25, 0.3) is 0 Å². The number of imide groups is 1. The summed E-state index contributed by atoms with van der Waals surface area (Å²) in [5.74, 6) is 1.16. The van der Waals surface area contributed by atoms with Crippen molar-refractivity contribution in [2.75, 3.05) is 31.5 Å². The lowest BCUT2D eigenvalue weighted by molar-refractivity contribution is -0.121. The zero-order chi connectivity index (χ0) is 18.7. The van der Waals surface area contributed by atoms with E-state index >= 15 is 0 Å². The van der Waals surface area contributed by atoms with Crippen LogP contribution in [0.4, 0.5) is 11.4 Å². The summed E-state index contributed by atoms with van der Waals surface area (Å²) >= 11 is 0. The highest BCUT2D eigenvalue weighted by atomic mass is 16.5. The summed E-state index contributed by atoms with van der Waals surface area (Å²) in [6.45, 7) is 0. The average Bonchev–Trinajstić information content (AvgIpc) is 2.95. The first-order valence-electron chi connectivity index (χ1n) is 8.06. The van der Waals surface area contributed by atoms with Crippen molar-refractivity contribution in [3.63, 3.8) is 0 Å². The van der Waals surface area contributed by atoms with E-state index in [9.17, 15) is 9.59 Å². The van der Waals surface area contributed by atoms with Gasteiger partial charge >= 0.3 is 0 Å². The molecular formula is C19H20N2O5. The summed E-state index contributed by atoms with van der Waals surface area (Å²) in [6.07, 6.45) is 0.0607. The minimum Gasteiger partial charge on any atom is -0.497 e. The number of anilines is 2. The molecule has 2 aromatic rings. The Kier molecular flexibility index (Phi) is 4.97. The molecule has 0 aromatic heterocycles. The number of carbonyl (C=O) groups excluding carboxylic acids is 2. The van der Waals surface area contributed by atoms with E-state index in [2.05, 4.69) is 5.32 Å². The number of methoxy groups -OCH3 is 3. The van der Waals surface area contributed by atoms with E-state index in [0.717, 1.165) is 0 Å². The molecule has 0 spiro atoms. The van der Waals surface area contributed by atoms with Gasteiger partial charge in [-0.1, -0.05) is 6.07 Å². The second-order valence-corrected chi connectivity index (χ2v) is 5.74. The first-order chi connectivity index (χ1) is 12.6. The molecule has 1 N–H and O–H groups in total. The van der Waals surface area contributed by atoms with Gasteiger partial charge in [-0.15, -0.1) is 0 Å². The number of rotatable bonds is 6. The molecule has 2 aromatic carbocycles. The second kappa shape index (κ2) is 7.35. The van der Waals surface area contributed by atoms with Crippen molar-refractivity contribution >= 4 is 23.2 Å². The van der Waals surface area contributed by atoms with Crippen molar-refractivity contribution < 1.29 is 23.8 Å². The highest BCUT2D eigenvalue weighted by Crippen LogP contribution is 2.32. The molecule has 136 valence electrons. The smallest absolute Gasteiger partial charge is 0.256 e. The molecule has 0 bridgehead atoms. The molecular weight excluding hydrogens is 336 g/mol. The molecule has 1 aliphatic heterocycles. The summed E-state index contributed by atoms with van der Waals surface area (Å²) < 4.78 is 15.7.